The van der Waals surface area contributed by atoms with Crippen LogP contribution < -0.4 is 19.3 Å². The van der Waals surface area contributed by atoms with Gasteiger partial charge in [0.1, 0.15) is 17.4 Å². The van der Waals surface area contributed by atoms with E-state index in [-0.39, 0.29) is 29.4 Å². The third kappa shape index (κ3) is 6.62. The quantitative estimate of drug-likeness (QED) is 0.129. The number of halogens is 1. The summed E-state index contributed by atoms with van der Waals surface area (Å²) in [6.07, 6.45) is 3.26. The Hall–Kier alpha value is -5.07. The fourth-order valence-corrected chi connectivity index (χ4v) is 4.57. The van der Waals surface area contributed by atoms with Crippen molar-refractivity contribution in [3.63, 3.8) is 0 Å². The molecule has 1 unspecified atom stereocenters. The van der Waals surface area contributed by atoms with E-state index in [0.717, 1.165) is 9.87 Å². The molecule has 0 spiro atoms. The molecule has 1 N–H and O–H groups in total. The van der Waals surface area contributed by atoms with Crippen LogP contribution in [0.4, 0.5) is 23.0 Å². The average Bonchev–Trinajstić information content (AvgIpc) is 3.01. The standard InChI is InChI=1S/C28H21ClN8O4S/c1-41-21-11-12-22(29)25(15-21)33-26-27(34-24-10-3-2-9-23(24)32-26)37(42(39)40)20-8-4-7-19(14-20)28(38)35-36-31-17-18-6-5-13-30-16-18/h2-16H,17H2,1H3,(H-,32,33,39,40). The minimum atomic E-state index is -2.88. The number of anilines is 4. The Morgan fingerprint density at radius 2 is 1.88 bits per heavy atom. The van der Waals surface area contributed by atoms with Crippen LogP contribution >= 0.6 is 11.6 Å². The fourth-order valence-electron chi connectivity index (χ4n) is 3.85. The number of benzene rings is 3. The predicted molar refractivity (Wildman–Crippen MR) is 158 cm³/mol. The van der Waals surface area contributed by atoms with Crippen molar-refractivity contribution >= 4 is 62.8 Å². The number of hydrogen-bond acceptors (Lipinski definition) is 9. The van der Waals surface area contributed by atoms with Crippen LogP contribution in [0, 0.1) is 0 Å². The summed E-state index contributed by atoms with van der Waals surface area (Å²) in [6.45, 7) is 0.196. The highest BCUT2D eigenvalue weighted by molar-refractivity contribution is 7.81. The molecule has 0 bridgehead atoms. The second-order valence-electron chi connectivity index (χ2n) is 8.57. The summed E-state index contributed by atoms with van der Waals surface area (Å²) in [5.41, 5.74) is 2.37. The highest BCUT2D eigenvalue weighted by Gasteiger charge is 2.22. The zero-order chi connectivity index (χ0) is 29.5. The van der Waals surface area contributed by atoms with Crippen LogP contribution in [0.2, 0.25) is 5.02 Å². The van der Waals surface area contributed by atoms with Gasteiger partial charge >= 0.3 is 5.91 Å². The van der Waals surface area contributed by atoms with E-state index in [1.165, 1.54) is 31.4 Å². The first-order valence-corrected chi connectivity index (χ1v) is 13.7. The Labute approximate surface area is 247 Å². The predicted octanol–water partition coefficient (Wildman–Crippen LogP) is 5.67. The van der Waals surface area contributed by atoms with E-state index in [4.69, 9.17) is 16.3 Å². The Bertz CT molecular complexity index is 1850. The first kappa shape index (κ1) is 28.5. The van der Waals surface area contributed by atoms with E-state index in [1.54, 1.807) is 60.9 Å². The van der Waals surface area contributed by atoms with Gasteiger partial charge in [-0.15, -0.1) is 0 Å². The summed E-state index contributed by atoms with van der Waals surface area (Å²) < 4.78 is 31.6. The van der Waals surface area contributed by atoms with Gasteiger partial charge in [-0.05, 0) is 54.1 Å². The number of rotatable bonds is 9. The number of nitrogens with zero attached hydrogens (tertiary/aromatic N) is 7. The van der Waals surface area contributed by atoms with E-state index >= 15 is 0 Å². The van der Waals surface area contributed by atoms with Gasteiger partial charge in [-0.1, -0.05) is 35.9 Å². The number of amides is 1. The van der Waals surface area contributed by atoms with Crippen molar-refractivity contribution in [2.45, 2.75) is 6.54 Å². The Balaban J connectivity index is 1.52. The molecule has 0 saturated carbocycles. The third-order valence-electron chi connectivity index (χ3n) is 5.82. The summed E-state index contributed by atoms with van der Waals surface area (Å²) in [5.74, 6) is -0.152. The molecule has 2 aromatic heterocycles. The molecule has 0 aliphatic carbocycles. The molecule has 14 heteroatoms. The molecule has 12 nitrogen and oxygen atoms in total. The summed E-state index contributed by atoms with van der Waals surface area (Å²) in [7, 11) is 1.51. The molecule has 0 aliphatic heterocycles. The number of carbonyl (C=O) groups is 1. The van der Waals surface area contributed by atoms with Crippen molar-refractivity contribution in [1.82, 2.24) is 19.9 Å². The Morgan fingerprint density at radius 1 is 1.07 bits per heavy atom. The fraction of sp³-hybridized carbons (Fsp3) is 0.0714. The van der Waals surface area contributed by atoms with Crippen LogP contribution in [0.5, 0.6) is 5.75 Å². The number of aromatic nitrogens is 3. The molecule has 42 heavy (non-hydrogen) atoms. The molecular weight excluding hydrogens is 580 g/mol. The van der Waals surface area contributed by atoms with E-state index in [2.05, 4.69) is 35.4 Å². The minimum Gasteiger partial charge on any atom is -0.755 e. The SMILES string of the molecule is COc1ccc(Cl)c(Nc2nc3ccccc3nc2N(c2cccc(C(=O)N=[N+]=NCc3cccnc3)c2)S(=O)[O-])c1. The topological polar surface area (TPSA) is 159 Å². The lowest BCUT2D eigenvalue weighted by atomic mass is 10.2. The van der Waals surface area contributed by atoms with Crippen LogP contribution in [0.1, 0.15) is 15.9 Å². The number of nitrogens with one attached hydrogen (secondary N) is 1. The zero-order valence-corrected chi connectivity index (χ0v) is 23.5. The van der Waals surface area contributed by atoms with Crippen molar-refractivity contribution in [2.75, 3.05) is 16.7 Å². The van der Waals surface area contributed by atoms with Gasteiger partial charge in [-0.3, -0.25) is 18.3 Å². The number of hydrogen-bond donors (Lipinski definition) is 1. The van der Waals surface area contributed by atoms with E-state index in [9.17, 15) is 13.6 Å². The normalized spacial score (nSPS) is 11.3. The lowest BCUT2D eigenvalue weighted by Crippen LogP contribution is -2.22. The van der Waals surface area contributed by atoms with E-state index in [0.29, 0.717) is 27.5 Å². The van der Waals surface area contributed by atoms with Gasteiger partial charge in [0.05, 0.1) is 51.4 Å². The van der Waals surface area contributed by atoms with Crippen molar-refractivity contribution in [2.24, 2.45) is 10.2 Å². The van der Waals surface area contributed by atoms with Crippen molar-refractivity contribution in [3.8, 4) is 5.75 Å². The second kappa shape index (κ2) is 13.1. The van der Waals surface area contributed by atoms with Crippen molar-refractivity contribution in [1.29, 1.82) is 0 Å². The molecule has 2 heterocycles. The smallest absolute Gasteiger partial charge is 0.360 e. The molecule has 0 saturated heterocycles. The molecule has 0 fully saturated rings. The molecule has 210 valence electrons. The number of methoxy groups -OCH3 is 1. The number of ether oxygens (including phenoxy) is 1. The van der Waals surface area contributed by atoms with Crippen LogP contribution in [0.3, 0.4) is 0 Å². The second-order valence-corrected chi connectivity index (χ2v) is 9.78. The number of para-hydroxylation sites is 2. The average molecular weight is 601 g/mol. The lowest BCUT2D eigenvalue weighted by Gasteiger charge is -2.27. The number of carbonyl (C=O) groups excluding carboxylic acids is 1. The maximum absolute atomic E-state index is 12.7. The monoisotopic (exact) mass is 600 g/mol. The van der Waals surface area contributed by atoms with Gasteiger partial charge < -0.3 is 14.6 Å². The molecule has 0 radical (unpaired) electrons. The highest BCUT2D eigenvalue weighted by Crippen LogP contribution is 2.36. The summed E-state index contributed by atoms with van der Waals surface area (Å²) in [6, 6.07) is 21.4. The largest absolute Gasteiger partial charge is 0.755 e. The van der Waals surface area contributed by atoms with Crippen LogP contribution in [0.25, 0.3) is 11.0 Å². The summed E-state index contributed by atoms with van der Waals surface area (Å²) >= 11 is 3.52. The minimum absolute atomic E-state index is 0.0568. The summed E-state index contributed by atoms with van der Waals surface area (Å²) in [5, 5.41) is 10.9. The Kier molecular flexibility index (Phi) is 8.85. The van der Waals surface area contributed by atoms with Gasteiger partial charge in [0.15, 0.2) is 11.6 Å². The number of pyridine rings is 1. The lowest BCUT2D eigenvalue weighted by molar-refractivity contribution is 0.0992. The first-order chi connectivity index (χ1) is 20.4. The van der Waals surface area contributed by atoms with Crippen LogP contribution in [-0.4, -0.2) is 36.7 Å². The van der Waals surface area contributed by atoms with Crippen molar-refractivity contribution in [3.05, 3.63) is 107 Å². The maximum Gasteiger partial charge on any atom is 0.360 e. The molecule has 5 aromatic rings. The summed E-state index contributed by atoms with van der Waals surface area (Å²) in [4.78, 5) is 29.6. The van der Waals surface area contributed by atoms with E-state index in [1.807, 2.05) is 6.07 Å². The zero-order valence-electron chi connectivity index (χ0n) is 21.9. The maximum atomic E-state index is 12.7. The molecule has 0 aliphatic rings. The van der Waals surface area contributed by atoms with E-state index < -0.39 is 17.2 Å². The van der Waals surface area contributed by atoms with Gasteiger partial charge in [0.2, 0.25) is 10.0 Å². The van der Waals surface area contributed by atoms with Gasteiger partial charge in [-0.25, -0.2) is 9.97 Å². The Morgan fingerprint density at radius 3 is 2.62 bits per heavy atom. The first-order valence-electron chi connectivity index (χ1n) is 12.3. The third-order valence-corrected chi connectivity index (χ3v) is 6.83. The van der Waals surface area contributed by atoms with Gasteiger partial charge in [0, 0.05) is 18.5 Å². The van der Waals surface area contributed by atoms with Gasteiger partial charge in [0.25, 0.3) is 0 Å². The number of fused-ring (bicyclic) bond motifs is 1. The molecule has 1 amide bonds. The van der Waals surface area contributed by atoms with Crippen LogP contribution in [0.15, 0.2) is 101 Å². The molecular formula is C28H21ClN8O4S. The van der Waals surface area contributed by atoms with Gasteiger partial charge in [-0.2, -0.15) is 0 Å². The molecule has 1 atom stereocenters. The molecule has 3 aromatic carbocycles. The molecule has 5 rings (SSSR count). The highest BCUT2D eigenvalue weighted by atomic mass is 35.5. The van der Waals surface area contributed by atoms with Crippen molar-refractivity contribution < 1.29 is 18.3 Å². The van der Waals surface area contributed by atoms with Crippen LogP contribution in [-0.2, 0) is 17.8 Å².